The molecule has 2 aliphatic heterocycles. The van der Waals surface area contributed by atoms with Crippen molar-refractivity contribution in [1.82, 2.24) is 0 Å². The van der Waals surface area contributed by atoms with Gasteiger partial charge < -0.3 is 23.7 Å². The van der Waals surface area contributed by atoms with Crippen LogP contribution in [-0.2, 0) is 4.79 Å². The van der Waals surface area contributed by atoms with Gasteiger partial charge in [-0.2, -0.15) is 0 Å². The van der Waals surface area contributed by atoms with E-state index in [0.29, 0.717) is 52.0 Å². The van der Waals surface area contributed by atoms with Gasteiger partial charge in [-0.1, -0.05) is 36.9 Å². The van der Waals surface area contributed by atoms with Crippen molar-refractivity contribution in [3.63, 3.8) is 0 Å². The number of fused-ring (bicyclic) bond motifs is 3. The molecular weight excluding hydrogens is 472 g/mol. The monoisotopic (exact) mass is 498 g/mol. The van der Waals surface area contributed by atoms with E-state index in [1.807, 2.05) is 37.3 Å². The maximum Gasteiger partial charge on any atom is 0.312 e. The molecule has 3 aromatic carbocycles. The highest BCUT2D eigenvalue weighted by Gasteiger charge is 2.39. The van der Waals surface area contributed by atoms with Crippen molar-refractivity contribution in [1.29, 1.82) is 0 Å². The van der Waals surface area contributed by atoms with E-state index in [0.717, 1.165) is 11.1 Å². The standard InChI is InChI=1S/C30H26O7/c1-17(2)16-35-22-10-6-5-9-19(22)21-15-26(31)36-23-13-12-20-28(32)25(37-30(20)27(21)23)14-18-8-7-11-24(33-3)29(18)34-4/h5-14,21H,1,15-16H2,2-4H3/b25-14-. The lowest BCUT2D eigenvalue weighted by atomic mass is 9.84. The second kappa shape index (κ2) is 9.85. The summed E-state index contributed by atoms with van der Waals surface area (Å²) in [6.45, 7) is 6.13. The van der Waals surface area contributed by atoms with Gasteiger partial charge in [0.25, 0.3) is 0 Å². The van der Waals surface area contributed by atoms with Crippen LogP contribution in [0.15, 0.2) is 72.5 Å². The third kappa shape index (κ3) is 4.44. The average Bonchev–Trinajstić information content (AvgIpc) is 3.21. The molecule has 2 aliphatic rings. The number of hydrogen-bond donors (Lipinski definition) is 0. The number of methoxy groups -OCH3 is 2. The largest absolute Gasteiger partial charge is 0.493 e. The van der Waals surface area contributed by atoms with Gasteiger partial charge in [0.05, 0.1) is 26.2 Å². The van der Waals surface area contributed by atoms with Gasteiger partial charge >= 0.3 is 5.97 Å². The number of ketones is 1. The van der Waals surface area contributed by atoms with Gasteiger partial charge in [0.1, 0.15) is 23.9 Å². The molecule has 3 aromatic rings. The Labute approximate surface area is 214 Å². The molecule has 0 aromatic heterocycles. The maximum absolute atomic E-state index is 13.4. The zero-order valence-electron chi connectivity index (χ0n) is 20.8. The van der Waals surface area contributed by atoms with Crippen LogP contribution in [0.5, 0.6) is 28.7 Å². The summed E-state index contributed by atoms with van der Waals surface area (Å²) in [5, 5.41) is 0. The van der Waals surface area contributed by atoms with Crippen molar-refractivity contribution in [2.45, 2.75) is 19.3 Å². The highest BCUT2D eigenvalue weighted by molar-refractivity contribution is 6.15. The van der Waals surface area contributed by atoms with Crippen molar-refractivity contribution < 1.29 is 33.3 Å². The van der Waals surface area contributed by atoms with E-state index in [2.05, 4.69) is 6.58 Å². The fourth-order valence-electron chi connectivity index (χ4n) is 4.64. The van der Waals surface area contributed by atoms with Crippen molar-refractivity contribution in [3.05, 3.63) is 94.8 Å². The summed E-state index contributed by atoms with van der Waals surface area (Å²) >= 11 is 0. The molecule has 7 heteroatoms. The number of benzene rings is 3. The van der Waals surface area contributed by atoms with Gasteiger partial charge in [0.2, 0.25) is 5.78 Å². The summed E-state index contributed by atoms with van der Waals surface area (Å²) in [6.07, 6.45) is 1.71. The second-order valence-corrected chi connectivity index (χ2v) is 8.89. The minimum atomic E-state index is -0.425. The van der Waals surface area contributed by atoms with Crippen LogP contribution in [0.2, 0.25) is 0 Å². The van der Waals surface area contributed by atoms with Gasteiger partial charge in [-0.3, -0.25) is 9.59 Å². The van der Waals surface area contributed by atoms with E-state index in [1.54, 1.807) is 37.5 Å². The Kier molecular flexibility index (Phi) is 6.44. The first kappa shape index (κ1) is 24.2. The van der Waals surface area contributed by atoms with E-state index in [-0.39, 0.29) is 23.9 Å². The number of allylic oxidation sites excluding steroid dienone is 1. The van der Waals surface area contributed by atoms with Crippen LogP contribution in [0.4, 0.5) is 0 Å². The van der Waals surface area contributed by atoms with Crippen LogP contribution in [0.25, 0.3) is 6.08 Å². The lowest BCUT2D eigenvalue weighted by Crippen LogP contribution is -2.22. The molecule has 0 bridgehead atoms. The number of hydrogen-bond acceptors (Lipinski definition) is 7. The summed E-state index contributed by atoms with van der Waals surface area (Å²) in [5.41, 5.74) is 3.34. The highest BCUT2D eigenvalue weighted by Crippen LogP contribution is 2.50. The molecule has 0 radical (unpaired) electrons. The summed E-state index contributed by atoms with van der Waals surface area (Å²) in [5.74, 6) is 1.47. The Morgan fingerprint density at radius 3 is 2.54 bits per heavy atom. The zero-order chi connectivity index (χ0) is 26.1. The van der Waals surface area contributed by atoms with E-state index in [9.17, 15) is 9.59 Å². The third-order valence-corrected chi connectivity index (χ3v) is 6.27. The molecule has 2 heterocycles. The normalized spacial score (nSPS) is 16.9. The Balaban J connectivity index is 1.60. The summed E-state index contributed by atoms with van der Waals surface area (Å²) in [4.78, 5) is 26.0. The van der Waals surface area contributed by atoms with Crippen LogP contribution in [0, 0.1) is 0 Å². The summed E-state index contributed by atoms with van der Waals surface area (Å²) in [6, 6.07) is 16.2. The molecule has 37 heavy (non-hydrogen) atoms. The molecular formula is C30H26O7. The summed E-state index contributed by atoms with van der Waals surface area (Å²) in [7, 11) is 3.09. The number of rotatable bonds is 7. The Bertz CT molecular complexity index is 1450. The van der Waals surface area contributed by atoms with E-state index >= 15 is 0 Å². The first-order valence-corrected chi connectivity index (χ1v) is 11.8. The van der Waals surface area contributed by atoms with E-state index < -0.39 is 5.92 Å². The van der Waals surface area contributed by atoms with Gasteiger partial charge in [0, 0.05) is 22.6 Å². The number of esters is 1. The van der Waals surface area contributed by atoms with Crippen LogP contribution in [0.3, 0.4) is 0 Å². The molecule has 1 atom stereocenters. The first-order chi connectivity index (χ1) is 17.9. The topological polar surface area (TPSA) is 80.3 Å². The van der Waals surface area contributed by atoms with Crippen molar-refractivity contribution in [2.24, 2.45) is 0 Å². The fraction of sp³-hybridized carbons (Fsp3) is 0.200. The van der Waals surface area contributed by atoms with Crippen molar-refractivity contribution in [3.8, 4) is 28.7 Å². The van der Waals surface area contributed by atoms with Gasteiger partial charge in [-0.15, -0.1) is 0 Å². The molecule has 0 amide bonds. The predicted octanol–water partition coefficient (Wildman–Crippen LogP) is 5.72. The number of ether oxygens (including phenoxy) is 5. The smallest absolute Gasteiger partial charge is 0.312 e. The van der Waals surface area contributed by atoms with Gasteiger partial charge in [-0.05, 0) is 42.8 Å². The van der Waals surface area contributed by atoms with E-state index in [1.165, 1.54) is 7.11 Å². The predicted molar refractivity (Wildman–Crippen MR) is 138 cm³/mol. The molecule has 0 aliphatic carbocycles. The number of Topliss-reactive ketones (excluding diaryl/α,β-unsaturated/α-hetero) is 1. The molecule has 0 N–H and O–H groups in total. The zero-order valence-corrected chi connectivity index (χ0v) is 20.8. The Morgan fingerprint density at radius 2 is 1.78 bits per heavy atom. The van der Waals surface area contributed by atoms with Crippen molar-refractivity contribution in [2.75, 3.05) is 20.8 Å². The van der Waals surface area contributed by atoms with Crippen LogP contribution in [0.1, 0.15) is 46.3 Å². The van der Waals surface area contributed by atoms with Crippen molar-refractivity contribution >= 4 is 17.8 Å². The van der Waals surface area contributed by atoms with Gasteiger partial charge in [0.15, 0.2) is 17.3 Å². The molecule has 0 saturated carbocycles. The summed E-state index contributed by atoms with van der Waals surface area (Å²) < 4.78 is 28.6. The number of para-hydroxylation sites is 2. The SMILES string of the molecule is C=C(C)COc1ccccc1C1CC(=O)Oc2ccc3c(c21)O/C(=C\c1cccc(OC)c1OC)C3=O. The molecule has 0 spiro atoms. The Hall–Kier alpha value is -4.52. The minimum Gasteiger partial charge on any atom is -0.493 e. The maximum atomic E-state index is 13.4. The van der Waals surface area contributed by atoms with Crippen LogP contribution in [-0.4, -0.2) is 32.6 Å². The van der Waals surface area contributed by atoms with E-state index in [4.69, 9.17) is 23.7 Å². The third-order valence-electron chi connectivity index (χ3n) is 6.27. The van der Waals surface area contributed by atoms with Crippen LogP contribution < -0.4 is 23.7 Å². The van der Waals surface area contributed by atoms with Gasteiger partial charge in [-0.25, -0.2) is 0 Å². The fourth-order valence-corrected chi connectivity index (χ4v) is 4.64. The quantitative estimate of drug-likeness (QED) is 0.178. The molecule has 0 saturated heterocycles. The highest BCUT2D eigenvalue weighted by atomic mass is 16.5. The number of carbonyl (C=O) groups excluding carboxylic acids is 2. The lowest BCUT2D eigenvalue weighted by Gasteiger charge is -2.27. The minimum absolute atomic E-state index is 0.0806. The molecule has 1 unspecified atom stereocenters. The molecule has 188 valence electrons. The molecule has 7 nitrogen and oxygen atoms in total. The number of carbonyl (C=O) groups is 2. The molecule has 5 rings (SSSR count). The second-order valence-electron chi connectivity index (χ2n) is 8.89. The van der Waals surface area contributed by atoms with Crippen LogP contribution >= 0.6 is 0 Å². The Morgan fingerprint density at radius 1 is 1.00 bits per heavy atom. The molecule has 0 fully saturated rings. The average molecular weight is 499 g/mol. The first-order valence-electron chi connectivity index (χ1n) is 11.8. The lowest BCUT2D eigenvalue weighted by molar-refractivity contribution is -0.135.